The zero-order valence-corrected chi connectivity index (χ0v) is 10.7. The second-order valence-electron chi connectivity index (χ2n) is 4.40. The van der Waals surface area contributed by atoms with E-state index in [0.29, 0.717) is 11.1 Å². The van der Waals surface area contributed by atoms with Crippen molar-refractivity contribution in [1.29, 1.82) is 0 Å². The lowest BCUT2D eigenvalue weighted by atomic mass is 10.1. The number of fused-ring (bicyclic) bond motifs is 2. The molecular formula is C15H13N3O2. The van der Waals surface area contributed by atoms with Gasteiger partial charge in [-0.05, 0) is 30.3 Å². The fraction of sp³-hybridized carbons (Fsp3) is 0.133. The van der Waals surface area contributed by atoms with Gasteiger partial charge in [-0.3, -0.25) is 4.79 Å². The Hall–Kier alpha value is -2.53. The molecule has 0 aliphatic carbocycles. The van der Waals surface area contributed by atoms with Crippen molar-refractivity contribution in [3.8, 4) is 0 Å². The van der Waals surface area contributed by atoms with Crippen LogP contribution in [0.2, 0.25) is 0 Å². The summed E-state index contributed by atoms with van der Waals surface area (Å²) in [4.78, 5) is 20.9. The molecule has 1 heterocycles. The predicted molar refractivity (Wildman–Crippen MR) is 76.5 cm³/mol. The molecule has 3 aromatic rings. The lowest BCUT2D eigenvalue weighted by Gasteiger charge is -2.05. The molecular weight excluding hydrogens is 254 g/mol. The predicted octanol–water partition coefficient (Wildman–Crippen LogP) is 1.51. The molecule has 20 heavy (non-hydrogen) atoms. The highest BCUT2D eigenvalue weighted by atomic mass is 16.3. The summed E-state index contributed by atoms with van der Waals surface area (Å²) in [7, 11) is 0. The molecule has 0 atom stereocenters. The number of nitrogens with one attached hydrogen (secondary N) is 1. The van der Waals surface area contributed by atoms with Crippen LogP contribution in [-0.2, 0) is 0 Å². The highest BCUT2D eigenvalue weighted by Gasteiger charge is 2.07. The number of nitrogens with zero attached hydrogens (tertiary/aromatic N) is 2. The Kier molecular flexibility index (Phi) is 3.26. The minimum atomic E-state index is -0.226. The van der Waals surface area contributed by atoms with Crippen molar-refractivity contribution in [3.63, 3.8) is 0 Å². The Labute approximate surface area is 115 Å². The van der Waals surface area contributed by atoms with Crippen molar-refractivity contribution in [1.82, 2.24) is 15.3 Å². The van der Waals surface area contributed by atoms with Gasteiger partial charge in [-0.2, -0.15) is 0 Å². The molecule has 2 aromatic carbocycles. The van der Waals surface area contributed by atoms with Gasteiger partial charge in [0.1, 0.15) is 0 Å². The Bertz CT molecular complexity index is 786. The summed E-state index contributed by atoms with van der Waals surface area (Å²) in [6.45, 7) is 0.157. The number of carbonyl (C=O) groups is 1. The zero-order valence-electron chi connectivity index (χ0n) is 10.7. The summed E-state index contributed by atoms with van der Waals surface area (Å²) < 4.78 is 0. The fourth-order valence-corrected chi connectivity index (χ4v) is 2.03. The Morgan fingerprint density at radius 1 is 1.00 bits per heavy atom. The number of amides is 1. The van der Waals surface area contributed by atoms with Crippen LogP contribution in [0.3, 0.4) is 0 Å². The van der Waals surface area contributed by atoms with E-state index in [2.05, 4.69) is 15.3 Å². The third-order valence-corrected chi connectivity index (χ3v) is 3.00. The van der Waals surface area contributed by atoms with E-state index >= 15 is 0 Å². The first kappa shape index (κ1) is 12.5. The maximum atomic E-state index is 11.8. The van der Waals surface area contributed by atoms with Crippen molar-refractivity contribution < 1.29 is 9.90 Å². The molecule has 0 spiro atoms. The number of aliphatic hydroxyl groups is 1. The number of carbonyl (C=O) groups excluding carboxylic acids is 1. The SMILES string of the molecule is O=C(NCCO)c1ccc2nc3ccccc3nc2c1. The number of benzene rings is 2. The molecule has 0 aliphatic rings. The number of para-hydroxylation sites is 2. The van der Waals surface area contributed by atoms with E-state index in [1.165, 1.54) is 0 Å². The number of aromatic nitrogens is 2. The van der Waals surface area contributed by atoms with Gasteiger partial charge in [-0.15, -0.1) is 0 Å². The number of aliphatic hydroxyl groups excluding tert-OH is 1. The first-order valence-corrected chi connectivity index (χ1v) is 6.33. The number of hydrogen-bond acceptors (Lipinski definition) is 4. The third-order valence-electron chi connectivity index (χ3n) is 3.00. The van der Waals surface area contributed by atoms with Crippen molar-refractivity contribution >= 4 is 28.0 Å². The molecule has 1 aromatic heterocycles. The van der Waals surface area contributed by atoms with Gasteiger partial charge in [0, 0.05) is 12.1 Å². The van der Waals surface area contributed by atoms with E-state index in [0.717, 1.165) is 16.6 Å². The van der Waals surface area contributed by atoms with Gasteiger partial charge >= 0.3 is 0 Å². The second kappa shape index (κ2) is 5.22. The molecule has 3 rings (SSSR count). The molecule has 2 N–H and O–H groups in total. The largest absolute Gasteiger partial charge is 0.395 e. The lowest BCUT2D eigenvalue weighted by molar-refractivity contribution is 0.0945. The summed E-state index contributed by atoms with van der Waals surface area (Å²) in [5.74, 6) is -0.226. The van der Waals surface area contributed by atoms with Crippen LogP contribution in [0.4, 0.5) is 0 Å². The molecule has 5 nitrogen and oxygen atoms in total. The first-order valence-electron chi connectivity index (χ1n) is 6.33. The highest BCUT2D eigenvalue weighted by Crippen LogP contribution is 2.17. The molecule has 1 amide bonds. The van der Waals surface area contributed by atoms with Crippen molar-refractivity contribution in [2.45, 2.75) is 0 Å². The average Bonchev–Trinajstić information content (AvgIpc) is 2.50. The smallest absolute Gasteiger partial charge is 0.251 e. The van der Waals surface area contributed by atoms with Crippen LogP contribution in [0.1, 0.15) is 10.4 Å². The average molecular weight is 267 g/mol. The van der Waals surface area contributed by atoms with Gasteiger partial charge < -0.3 is 10.4 Å². The van der Waals surface area contributed by atoms with Crippen LogP contribution < -0.4 is 5.32 Å². The lowest BCUT2D eigenvalue weighted by Crippen LogP contribution is -2.26. The molecule has 0 unspecified atom stereocenters. The quantitative estimate of drug-likeness (QED) is 0.705. The Morgan fingerprint density at radius 3 is 2.35 bits per heavy atom. The molecule has 0 radical (unpaired) electrons. The Morgan fingerprint density at radius 2 is 1.65 bits per heavy atom. The van der Waals surface area contributed by atoms with Crippen LogP contribution in [0.15, 0.2) is 42.5 Å². The van der Waals surface area contributed by atoms with Gasteiger partial charge in [-0.1, -0.05) is 12.1 Å². The normalized spacial score (nSPS) is 10.8. The summed E-state index contributed by atoms with van der Waals surface area (Å²) >= 11 is 0. The van der Waals surface area contributed by atoms with Crippen LogP contribution in [-0.4, -0.2) is 34.1 Å². The molecule has 5 heteroatoms. The van der Waals surface area contributed by atoms with Crippen molar-refractivity contribution in [3.05, 3.63) is 48.0 Å². The fourth-order valence-electron chi connectivity index (χ4n) is 2.03. The molecule has 0 saturated heterocycles. The molecule has 100 valence electrons. The number of hydrogen-bond donors (Lipinski definition) is 2. The summed E-state index contributed by atoms with van der Waals surface area (Å²) in [5, 5.41) is 11.3. The van der Waals surface area contributed by atoms with Crippen molar-refractivity contribution in [2.24, 2.45) is 0 Å². The highest BCUT2D eigenvalue weighted by molar-refractivity contribution is 5.98. The van der Waals surface area contributed by atoms with Crippen LogP contribution in [0.25, 0.3) is 22.1 Å². The monoisotopic (exact) mass is 267 g/mol. The minimum absolute atomic E-state index is 0.0796. The van der Waals surface area contributed by atoms with Crippen LogP contribution in [0, 0.1) is 0 Å². The van der Waals surface area contributed by atoms with E-state index < -0.39 is 0 Å². The summed E-state index contributed by atoms with van der Waals surface area (Å²) in [6, 6.07) is 12.8. The van der Waals surface area contributed by atoms with Crippen LogP contribution in [0.5, 0.6) is 0 Å². The van der Waals surface area contributed by atoms with Gasteiger partial charge in [0.15, 0.2) is 0 Å². The summed E-state index contributed by atoms with van der Waals surface area (Å²) in [5.41, 5.74) is 3.57. The third kappa shape index (κ3) is 2.31. The van der Waals surface area contributed by atoms with Gasteiger partial charge in [0.05, 0.1) is 28.7 Å². The van der Waals surface area contributed by atoms with E-state index in [1.807, 2.05) is 24.3 Å². The maximum Gasteiger partial charge on any atom is 0.251 e. The summed E-state index contributed by atoms with van der Waals surface area (Å²) in [6.07, 6.45) is 0. The Balaban J connectivity index is 2.06. The molecule has 0 saturated carbocycles. The van der Waals surface area contributed by atoms with E-state index in [4.69, 9.17) is 5.11 Å². The minimum Gasteiger partial charge on any atom is -0.395 e. The van der Waals surface area contributed by atoms with E-state index in [1.54, 1.807) is 18.2 Å². The first-order chi connectivity index (χ1) is 9.78. The van der Waals surface area contributed by atoms with Gasteiger partial charge in [0.25, 0.3) is 5.91 Å². The van der Waals surface area contributed by atoms with E-state index in [-0.39, 0.29) is 19.1 Å². The molecule has 0 aliphatic heterocycles. The molecule has 0 fully saturated rings. The van der Waals surface area contributed by atoms with Crippen LogP contribution >= 0.6 is 0 Å². The second-order valence-corrected chi connectivity index (χ2v) is 4.40. The zero-order chi connectivity index (χ0) is 13.9. The van der Waals surface area contributed by atoms with Gasteiger partial charge in [0.2, 0.25) is 0 Å². The standard InChI is InChI=1S/C15H13N3O2/c19-8-7-16-15(20)10-5-6-13-14(9-10)18-12-4-2-1-3-11(12)17-13/h1-6,9,19H,7-8H2,(H,16,20). The van der Waals surface area contributed by atoms with Crippen molar-refractivity contribution in [2.75, 3.05) is 13.2 Å². The molecule has 0 bridgehead atoms. The maximum absolute atomic E-state index is 11.8. The van der Waals surface area contributed by atoms with E-state index in [9.17, 15) is 4.79 Å². The number of rotatable bonds is 3. The van der Waals surface area contributed by atoms with Gasteiger partial charge in [-0.25, -0.2) is 9.97 Å². The topological polar surface area (TPSA) is 75.1 Å².